The number of nitrogens with one attached hydrogen (secondary N) is 2. The summed E-state index contributed by atoms with van der Waals surface area (Å²) >= 11 is 6.04. The average molecular weight is 282 g/mol. The Hall–Kier alpha value is -1.82. The molecule has 2 aromatic rings. The maximum atomic E-state index is 6.04. The topological polar surface area (TPSA) is 75.9 Å². The summed E-state index contributed by atoms with van der Waals surface area (Å²) in [5.41, 5.74) is 0.801. The number of aryl methyl sites for hydroxylation is 1. The molecule has 7 heteroatoms. The Labute approximate surface area is 116 Å². The van der Waals surface area contributed by atoms with Crippen molar-refractivity contribution >= 4 is 23.4 Å². The first kappa shape index (κ1) is 13.6. The molecule has 0 aliphatic rings. The van der Waals surface area contributed by atoms with E-state index >= 15 is 0 Å². The Morgan fingerprint density at radius 2 is 2.21 bits per heavy atom. The largest absolute Gasteiger partial charge is 0.363 e. The van der Waals surface area contributed by atoms with Gasteiger partial charge in [-0.1, -0.05) is 23.7 Å². The summed E-state index contributed by atoms with van der Waals surface area (Å²) in [6.07, 6.45) is 2.58. The summed E-state index contributed by atoms with van der Waals surface area (Å²) in [6.45, 7) is 5.25. The average Bonchev–Trinajstić information content (AvgIpc) is 2.82. The Morgan fingerprint density at radius 3 is 2.89 bits per heavy atom. The van der Waals surface area contributed by atoms with Gasteiger partial charge in [0.2, 0.25) is 5.95 Å². The van der Waals surface area contributed by atoms with Crippen molar-refractivity contribution in [2.24, 2.45) is 0 Å². The van der Waals surface area contributed by atoms with Gasteiger partial charge in [-0.25, -0.2) is 4.98 Å². The van der Waals surface area contributed by atoms with Crippen molar-refractivity contribution in [3.63, 3.8) is 0 Å². The highest BCUT2D eigenvalue weighted by molar-refractivity contribution is 6.32. The monoisotopic (exact) mass is 281 g/mol. The first-order valence-electron chi connectivity index (χ1n) is 6.11. The van der Waals surface area contributed by atoms with E-state index in [-0.39, 0.29) is 0 Å². The van der Waals surface area contributed by atoms with Crippen molar-refractivity contribution < 1.29 is 4.52 Å². The number of aromatic nitrogens is 3. The summed E-state index contributed by atoms with van der Waals surface area (Å²) in [6, 6.07) is 1.86. The van der Waals surface area contributed by atoms with E-state index in [1.165, 1.54) is 0 Å². The molecule has 102 valence electrons. The van der Waals surface area contributed by atoms with E-state index in [0.29, 0.717) is 23.3 Å². The lowest BCUT2D eigenvalue weighted by molar-refractivity contribution is 0.391. The second-order valence-electron chi connectivity index (χ2n) is 4.10. The molecule has 0 bridgehead atoms. The summed E-state index contributed by atoms with van der Waals surface area (Å²) < 4.78 is 4.99. The molecule has 0 fully saturated rings. The van der Waals surface area contributed by atoms with Gasteiger partial charge in [0.1, 0.15) is 16.5 Å². The molecule has 0 atom stereocenters. The summed E-state index contributed by atoms with van der Waals surface area (Å²) in [5, 5.41) is 10.6. The first-order chi connectivity index (χ1) is 9.19. The molecule has 0 aliphatic heterocycles. The summed E-state index contributed by atoms with van der Waals surface area (Å²) in [4.78, 5) is 8.42. The zero-order chi connectivity index (χ0) is 13.7. The van der Waals surface area contributed by atoms with Crippen molar-refractivity contribution in [2.75, 3.05) is 17.2 Å². The Morgan fingerprint density at radius 1 is 1.37 bits per heavy atom. The molecule has 0 amide bonds. The third-order valence-corrected chi connectivity index (χ3v) is 2.67. The number of rotatable bonds is 6. The van der Waals surface area contributed by atoms with Gasteiger partial charge in [-0.05, 0) is 13.3 Å². The smallest absolute Gasteiger partial charge is 0.224 e. The number of anilines is 2. The van der Waals surface area contributed by atoms with Crippen LogP contribution >= 0.6 is 11.6 Å². The van der Waals surface area contributed by atoms with Crippen LogP contribution in [0.4, 0.5) is 11.8 Å². The van der Waals surface area contributed by atoms with Crippen LogP contribution in [0.25, 0.3) is 0 Å². The maximum Gasteiger partial charge on any atom is 0.224 e. The molecule has 19 heavy (non-hydrogen) atoms. The predicted molar refractivity (Wildman–Crippen MR) is 74.4 cm³/mol. The van der Waals surface area contributed by atoms with Crippen LogP contribution < -0.4 is 10.6 Å². The Bertz CT molecular complexity index is 543. The van der Waals surface area contributed by atoms with Gasteiger partial charge in [-0.3, -0.25) is 0 Å². The Kier molecular flexibility index (Phi) is 4.57. The molecule has 0 saturated heterocycles. The number of nitrogens with zero attached hydrogens (tertiary/aromatic N) is 3. The molecule has 2 N–H and O–H groups in total. The molecular formula is C12H16ClN5O. The van der Waals surface area contributed by atoms with E-state index in [9.17, 15) is 0 Å². The van der Waals surface area contributed by atoms with Crippen LogP contribution in [0.15, 0.2) is 16.8 Å². The molecule has 6 nitrogen and oxygen atoms in total. The van der Waals surface area contributed by atoms with Crippen LogP contribution in [0, 0.1) is 6.92 Å². The SMILES string of the molecule is CCCNc1ncc(Cl)c(NCc2cc(C)on2)n1. The van der Waals surface area contributed by atoms with E-state index in [1.54, 1.807) is 6.20 Å². The molecule has 2 rings (SSSR count). The maximum absolute atomic E-state index is 6.04. The van der Waals surface area contributed by atoms with E-state index in [1.807, 2.05) is 13.0 Å². The second kappa shape index (κ2) is 6.38. The van der Waals surface area contributed by atoms with E-state index < -0.39 is 0 Å². The van der Waals surface area contributed by atoms with Crippen molar-refractivity contribution in [3.8, 4) is 0 Å². The van der Waals surface area contributed by atoms with Crippen molar-refractivity contribution in [1.29, 1.82) is 0 Å². The fraction of sp³-hybridized carbons (Fsp3) is 0.417. The lowest BCUT2D eigenvalue weighted by atomic mass is 10.4. The molecule has 0 radical (unpaired) electrons. The molecule has 0 unspecified atom stereocenters. The molecule has 2 heterocycles. The molecule has 2 aromatic heterocycles. The standard InChI is InChI=1S/C12H16ClN5O/c1-3-4-14-12-16-7-10(13)11(17-12)15-6-9-5-8(2)19-18-9/h5,7H,3-4,6H2,1-2H3,(H2,14,15,16,17). The van der Waals surface area contributed by atoms with Crippen LogP contribution in [0.2, 0.25) is 5.02 Å². The zero-order valence-electron chi connectivity index (χ0n) is 10.9. The van der Waals surface area contributed by atoms with E-state index in [0.717, 1.165) is 24.4 Å². The van der Waals surface area contributed by atoms with Gasteiger partial charge in [0.05, 0.1) is 12.7 Å². The van der Waals surface area contributed by atoms with Gasteiger partial charge < -0.3 is 15.2 Å². The van der Waals surface area contributed by atoms with Gasteiger partial charge in [-0.15, -0.1) is 0 Å². The number of hydrogen-bond donors (Lipinski definition) is 2. The molecule has 0 aromatic carbocycles. The van der Waals surface area contributed by atoms with E-state index in [4.69, 9.17) is 16.1 Å². The molecule has 0 aliphatic carbocycles. The predicted octanol–water partition coefficient (Wildman–Crippen LogP) is 2.86. The fourth-order valence-electron chi connectivity index (χ4n) is 1.49. The summed E-state index contributed by atoms with van der Waals surface area (Å²) in [7, 11) is 0. The minimum atomic E-state index is 0.474. The van der Waals surface area contributed by atoms with Crippen LogP contribution in [-0.2, 0) is 6.54 Å². The lowest BCUT2D eigenvalue weighted by Crippen LogP contribution is -2.08. The number of halogens is 1. The van der Waals surface area contributed by atoms with Crippen molar-refractivity contribution in [2.45, 2.75) is 26.8 Å². The highest BCUT2D eigenvalue weighted by Crippen LogP contribution is 2.20. The first-order valence-corrected chi connectivity index (χ1v) is 6.49. The van der Waals surface area contributed by atoms with Crippen LogP contribution in [0.3, 0.4) is 0 Å². The second-order valence-corrected chi connectivity index (χ2v) is 4.51. The third kappa shape index (κ3) is 3.82. The molecule has 0 saturated carbocycles. The summed E-state index contributed by atoms with van der Waals surface area (Å²) in [5.74, 6) is 1.91. The lowest BCUT2D eigenvalue weighted by Gasteiger charge is -2.08. The van der Waals surface area contributed by atoms with Crippen LogP contribution in [0.5, 0.6) is 0 Å². The van der Waals surface area contributed by atoms with Gasteiger partial charge in [0, 0.05) is 12.6 Å². The van der Waals surface area contributed by atoms with Gasteiger partial charge >= 0.3 is 0 Å². The number of hydrogen-bond acceptors (Lipinski definition) is 6. The zero-order valence-corrected chi connectivity index (χ0v) is 11.7. The van der Waals surface area contributed by atoms with Crippen LogP contribution in [0.1, 0.15) is 24.8 Å². The fourth-order valence-corrected chi connectivity index (χ4v) is 1.65. The van der Waals surface area contributed by atoms with Crippen molar-refractivity contribution in [3.05, 3.63) is 28.7 Å². The van der Waals surface area contributed by atoms with Gasteiger partial charge in [-0.2, -0.15) is 4.98 Å². The Balaban J connectivity index is 2.02. The van der Waals surface area contributed by atoms with Crippen molar-refractivity contribution in [1.82, 2.24) is 15.1 Å². The minimum Gasteiger partial charge on any atom is -0.363 e. The quantitative estimate of drug-likeness (QED) is 0.848. The minimum absolute atomic E-state index is 0.474. The normalized spacial score (nSPS) is 10.5. The highest BCUT2D eigenvalue weighted by Gasteiger charge is 2.06. The van der Waals surface area contributed by atoms with E-state index in [2.05, 4.69) is 32.7 Å². The molecule has 0 spiro atoms. The van der Waals surface area contributed by atoms with Crippen LogP contribution in [-0.4, -0.2) is 21.7 Å². The van der Waals surface area contributed by atoms with Gasteiger partial charge in [0.15, 0.2) is 5.82 Å². The highest BCUT2D eigenvalue weighted by atomic mass is 35.5. The third-order valence-electron chi connectivity index (χ3n) is 2.39. The molecular weight excluding hydrogens is 266 g/mol. The van der Waals surface area contributed by atoms with Gasteiger partial charge in [0.25, 0.3) is 0 Å².